The average Bonchev–Trinajstić information content (AvgIpc) is 2.54. The molecule has 0 aromatic heterocycles. The highest BCUT2D eigenvalue weighted by Crippen LogP contribution is 2.40. The van der Waals surface area contributed by atoms with Crippen LogP contribution in [0.15, 0.2) is 24.3 Å². The van der Waals surface area contributed by atoms with Crippen molar-refractivity contribution in [2.45, 2.75) is 76.8 Å². The third-order valence-corrected chi connectivity index (χ3v) is 5.08. The van der Waals surface area contributed by atoms with E-state index in [9.17, 15) is 13.2 Å². The lowest BCUT2D eigenvalue weighted by Crippen LogP contribution is -2.23. The summed E-state index contributed by atoms with van der Waals surface area (Å²) in [5, 5.41) is 0. The average molecular weight is 312 g/mol. The zero-order chi connectivity index (χ0) is 16.2. The highest BCUT2D eigenvalue weighted by Gasteiger charge is 2.40. The molecular weight excluding hydrogens is 285 g/mol. The van der Waals surface area contributed by atoms with Crippen LogP contribution in [0, 0.1) is 5.92 Å². The smallest absolute Gasteiger partial charge is 0.236 e. The molecule has 0 saturated heterocycles. The molecular formula is C19H27F3. The van der Waals surface area contributed by atoms with Crippen LogP contribution < -0.4 is 0 Å². The molecule has 1 fully saturated rings. The van der Waals surface area contributed by atoms with Crippen molar-refractivity contribution in [3.05, 3.63) is 35.4 Å². The predicted octanol–water partition coefficient (Wildman–Crippen LogP) is 6.82. The van der Waals surface area contributed by atoms with Crippen LogP contribution in [0.3, 0.4) is 0 Å². The Morgan fingerprint density at radius 2 is 1.64 bits per heavy atom. The van der Waals surface area contributed by atoms with E-state index in [1.807, 2.05) is 12.1 Å². The quantitative estimate of drug-likeness (QED) is 0.541. The molecule has 0 bridgehead atoms. The van der Waals surface area contributed by atoms with Crippen LogP contribution in [-0.4, -0.2) is 5.92 Å². The van der Waals surface area contributed by atoms with E-state index in [4.69, 9.17) is 0 Å². The fourth-order valence-corrected chi connectivity index (χ4v) is 3.55. The van der Waals surface area contributed by atoms with E-state index >= 15 is 0 Å². The topological polar surface area (TPSA) is 0 Å². The van der Waals surface area contributed by atoms with Gasteiger partial charge in [-0.2, -0.15) is 0 Å². The standard InChI is InChI=1S/C19H27F3/c1-3-13-19(21,22)18(20)17-11-9-16(10-12-17)15-7-5-14(4-2)6-8-15/h9-12,14-15,18H,3-8,13H2,1-2H3/t14-,15-,18?. The van der Waals surface area contributed by atoms with Crippen molar-refractivity contribution < 1.29 is 13.2 Å². The summed E-state index contributed by atoms with van der Waals surface area (Å²) in [6, 6.07) is 6.80. The Labute approximate surface area is 132 Å². The number of benzene rings is 1. The van der Waals surface area contributed by atoms with Gasteiger partial charge < -0.3 is 0 Å². The second-order valence-electron chi connectivity index (χ2n) is 6.67. The SMILES string of the molecule is CCCC(F)(F)C(F)c1ccc([C@H]2CC[C@H](CC)CC2)cc1. The molecule has 0 aliphatic heterocycles. The van der Waals surface area contributed by atoms with Crippen LogP contribution >= 0.6 is 0 Å². The number of hydrogen-bond acceptors (Lipinski definition) is 0. The Kier molecular flexibility index (Phi) is 5.94. The third kappa shape index (κ3) is 4.05. The first kappa shape index (κ1) is 17.4. The van der Waals surface area contributed by atoms with Gasteiger partial charge in [0.05, 0.1) is 0 Å². The zero-order valence-corrected chi connectivity index (χ0v) is 13.6. The molecule has 3 heteroatoms. The van der Waals surface area contributed by atoms with E-state index in [-0.39, 0.29) is 12.0 Å². The van der Waals surface area contributed by atoms with Crippen molar-refractivity contribution in [3.8, 4) is 0 Å². The van der Waals surface area contributed by atoms with E-state index in [1.54, 1.807) is 19.1 Å². The van der Waals surface area contributed by atoms with Crippen LogP contribution in [0.25, 0.3) is 0 Å². The maximum absolute atomic E-state index is 14.0. The van der Waals surface area contributed by atoms with Crippen LogP contribution in [0.2, 0.25) is 0 Å². The minimum absolute atomic E-state index is 0.101. The fourth-order valence-electron chi connectivity index (χ4n) is 3.55. The van der Waals surface area contributed by atoms with Gasteiger partial charge in [-0.15, -0.1) is 0 Å². The minimum atomic E-state index is -3.27. The first-order valence-corrected chi connectivity index (χ1v) is 8.59. The van der Waals surface area contributed by atoms with Gasteiger partial charge in [-0.25, -0.2) is 13.2 Å². The Morgan fingerprint density at radius 3 is 2.14 bits per heavy atom. The van der Waals surface area contributed by atoms with Crippen LogP contribution in [-0.2, 0) is 0 Å². The second-order valence-corrected chi connectivity index (χ2v) is 6.67. The molecule has 1 aliphatic carbocycles. The number of halogens is 3. The molecule has 0 nitrogen and oxygen atoms in total. The molecule has 1 aromatic rings. The molecule has 0 amide bonds. The van der Waals surface area contributed by atoms with Crippen molar-refractivity contribution in [2.75, 3.05) is 0 Å². The normalized spacial score (nSPS) is 24.2. The first-order chi connectivity index (χ1) is 10.5. The Hall–Kier alpha value is -0.990. The van der Waals surface area contributed by atoms with Gasteiger partial charge in [-0.05, 0) is 48.6 Å². The molecule has 0 radical (unpaired) electrons. The lowest BCUT2D eigenvalue weighted by Gasteiger charge is -2.28. The summed E-state index contributed by atoms with van der Waals surface area (Å²) in [7, 11) is 0. The molecule has 1 saturated carbocycles. The molecule has 124 valence electrons. The van der Waals surface area contributed by atoms with Gasteiger partial charge >= 0.3 is 0 Å². The molecule has 1 aromatic carbocycles. The zero-order valence-electron chi connectivity index (χ0n) is 13.6. The van der Waals surface area contributed by atoms with E-state index in [0.29, 0.717) is 5.92 Å². The Balaban J connectivity index is 2.01. The van der Waals surface area contributed by atoms with Crippen molar-refractivity contribution in [2.24, 2.45) is 5.92 Å². The van der Waals surface area contributed by atoms with Crippen molar-refractivity contribution in [1.29, 1.82) is 0 Å². The Bertz CT molecular complexity index is 444. The molecule has 1 unspecified atom stereocenters. The summed E-state index contributed by atoms with van der Waals surface area (Å²) in [6.45, 7) is 3.88. The summed E-state index contributed by atoms with van der Waals surface area (Å²) in [5.41, 5.74) is 1.27. The predicted molar refractivity (Wildman–Crippen MR) is 85.1 cm³/mol. The molecule has 2 rings (SSSR count). The van der Waals surface area contributed by atoms with Crippen LogP contribution in [0.4, 0.5) is 13.2 Å². The lowest BCUT2D eigenvalue weighted by atomic mass is 9.77. The van der Waals surface area contributed by atoms with E-state index < -0.39 is 18.5 Å². The maximum Gasteiger partial charge on any atom is 0.282 e. The highest BCUT2D eigenvalue weighted by molar-refractivity contribution is 5.28. The third-order valence-electron chi connectivity index (χ3n) is 5.08. The molecule has 0 spiro atoms. The minimum Gasteiger partial charge on any atom is -0.236 e. The van der Waals surface area contributed by atoms with Crippen molar-refractivity contribution in [1.82, 2.24) is 0 Å². The number of hydrogen-bond donors (Lipinski definition) is 0. The van der Waals surface area contributed by atoms with Gasteiger partial charge in [0, 0.05) is 6.42 Å². The second kappa shape index (κ2) is 7.52. The van der Waals surface area contributed by atoms with Gasteiger partial charge in [0.25, 0.3) is 5.92 Å². The van der Waals surface area contributed by atoms with Gasteiger partial charge in [0.2, 0.25) is 0 Å². The van der Waals surface area contributed by atoms with E-state index in [1.165, 1.54) is 24.8 Å². The van der Waals surface area contributed by atoms with E-state index in [0.717, 1.165) is 18.8 Å². The van der Waals surface area contributed by atoms with Gasteiger partial charge in [0.15, 0.2) is 6.17 Å². The van der Waals surface area contributed by atoms with Crippen LogP contribution in [0.5, 0.6) is 0 Å². The summed E-state index contributed by atoms with van der Waals surface area (Å²) >= 11 is 0. The highest BCUT2D eigenvalue weighted by atomic mass is 19.3. The van der Waals surface area contributed by atoms with Crippen molar-refractivity contribution in [3.63, 3.8) is 0 Å². The molecule has 1 atom stereocenters. The summed E-state index contributed by atoms with van der Waals surface area (Å²) in [4.78, 5) is 0. The number of alkyl halides is 3. The first-order valence-electron chi connectivity index (χ1n) is 8.59. The molecule has 1 aliphatic rings. The summed E-state index contributed by atoms with van der Waals surface area (Å²) < 4.78 is 41.4. The fraction of sp³-hybridized carbons (Fsp3) is 0.684. The largest absolute Gasteiger partial charge is 0.282 e. The summed E-state index contributed by atoms with van der Waals surface area (Å²) in [5.74, 6) is -1.93. The van der Waals surface area contributed by atoms with Gasteiger partial charge in [0.1, 0.15) is 0 Å². The van der Waals surface area contributed by atoms with Gasteiger partial charge in [-0.3, -0.25) is 0 Å². The molecule has 22 heavy (non-hydrogen) atoms. The van der Waals surface area contributed by atoms with Crippen LogP contribution in [0.1, 0.15) is 82.0 Å². The summed E-state index contributed by atoms with van der Waals surface area (Å²) in [6.07, 6.45) is 3.71. The Morgan fingerprint density at radius 1 is 1.05 bits per heavy atom. The number of rotatable bonds is 6. The monoisotopic (exact) mass is 312 g/mol. The van der Waals surface area contributed by atoms with Gasteiger partial charge in [-0.1, -0.05) is 51.0 Å². The molecule has 0 N–H and O–H groups in total. The lowest BCUT2D eigenvalue weighted by molar-refractivity contribution is -0.0807. The van der Waals surface area contributed by atoms with Crippen molar-refractivity contribution >= 4 is 0 Å². The van der Waals surface area contributed by atoms with E-state index in [2.05, 4.69) is 6.92 Å². The maximum atomic E-state index is 14.0. The molecule has 0 heterocycles.